The lowest BCUT2D eigenvalue weighted by atomic mass is 10.2. The summed E-state index contributed by atoms with van der Waals surface area (Å²) in [5.41, 5.74) is 1.35. The molecule has 152 valence electrons. The zero-order valence-electron chi connectivity index (χ0n) is 14.7. The number of carbonyl (C=O) groups is 1. The van der Waals surface area contributed by atoms with Crippen LogP contribution < -0.4 is 5.32 Å². The summed E-state index contributed by atoms with van der Waals surface area (Å²) < 4.78 is 3.69. The zero-order chi connectivity index (χ0) is 21.3. The molecule has 0 atom stereocenters. The fraction of sp³-hybridized carbons (Fsp3) is 0.188. The van der Waals surface area contributed by atoms with Crippen LogP contribution in [0.3, 0.4) is 0 Å². The molecule has 0 saturated heterocycles. The van der Waals surface area contributed by atoms with Gasteiger partial charge < -0.3 is 15.4 Å². The second-order valence-corrected chi connectivity index (χ2v) is 8.42. The summed E-state index contributed by atoms with van der Waals surface area (Å²) in [5, 5.41) is 22.7. The lowest BCUT2D eigenvalue weighted by Crippen LogP contribution is -2.21. The number of hydrogen-bond donors (Lipinski definition) is 1. The topological polar surface area (TPSA) is 108 Å². The van der Waals surface area contributed by atoms with E-state index in [0.29, 0.717) is 32.6 Å². The smallest absolute Gasteiger partial charge is 0.358 e. The van der Waals surface area contributed by atoms with Crippen molar-refractivity contribution in [2.24, 2.45) is 0 Å². The van der Waals surface area contributed by atoms with E-state index in [2.05, 4.69) is 47.4 Å². The number of rotatable bonds is 6. The number of amides is 1. The number of nitrogens with zero attached hydrogens (tertiary/aromatic N) is 5. The molecule has 0 aliphatic heterocycles. The lowest BCUT2D eigenvalue weighted by molar-refractivity contribution is -0.390. The predicted molar refractivity (Wildman–Crippen MR) is 115 cm³/mol. The molecule has 0 aliphatic rings. The van der Waals surface area contributed by atoms with Crippen LogP contribution in [-0.2, 0) is 17.9 Å². The van der Waals surface area contributed by atoms with Crippen LogP contribution in [0.25, 0.3) is 0 Å². The highest BCUT2D eigenvalue weighted by atomic mass is 79.9. The van der Waals surface area contributed by atoms with Gasteiger partial charge in [0.15, 0.2) is 5.82 Å². The minimum atomic E-state index is -0.618. The molecule has 13 heteroatoms. The van der Waals surface area contributed by atoms with Gasteiger partial charge in [-0.1, -0.05) is 29.3 Å². The Morgan fingerprint density at radius 3 is 2.62 bits per heavy atom. The van der Waals surface area contributed by atoms with E-state index < -0.39 is 10.8 Å². The first-order chi connectivity index (χ1) is 13.7. The number of nitro groups is 1. The summed E-state index contributed by atoms with van der Waals surface area (Å²) in [7, 11) is 0. The molecule has 1 amide bonds. The van der Waals surface area contributed by atoms with Crippen LogP contribution in [0, 0.1) is 17.0 Å². The van der Waals surface area contributed by atoms with Gasteiger partial charge in [0.25, 0.3) is 0 Å². The van der Waals surface area contributed by atoms with E-state index in [1.54, 1.807) is 29.9 Å². The fourth-order valence-corrected chi connectivity index (χ4v) is 3.64. The van der Waals surface area contributed by atoms with Gasteiger partial charge in [-0.15, -0.1) is 0 Å². The number of halogens is 4. The molecule has 2 heterocycles. The molecule has 3 rings (SSSR count). The lowest BCUT2D eigenvalue weighted by Gasteiger charge is -2.04. The first-order valence-electron chi connectivity index (χ1n) is 7.99. The molecule has 3 aromatic rings. The summed E-state index contributed by atoms with van der Waals surface area (Å²) >= 11 is 18.4. The van der Waals surface area contributed by atoms with Crippen LogP contribution in [-0.4, -0.2) is 30.4 Å². The van der Waals surface area contributed by atoms with Gasteiger partial charge in [-0.2, -0.15) is 9.78 Å². The standard InChI is InChI=1S/C16H12Br2Cl2N6O3/c1-8-14(18)16(26(28)29)23-25(8)7-13(27)21-15-10(17)6-24(22-15)5-9-2-3-11(19)12(20)4-9/h2-4,6H,5,7H2,1H3,(H,21,22,27). The van der Waals surface area contributed by atoms with Gasteiger partial charge in [0.1, 0.15) is 11.0 Å². The average Bonchev–Trinajstić information content (AvgIpc) is 3.12. The Balaban J connectivity index is 1.71. The molecule has 2 aromatic heterocycles. The SMILES string of the molecule is Cc1c(Br)c([N+](=O)[O-])nn1CC(=O)Nc1nn(Cc2ccc(Cl)c(Cl)c2)cc1Br. The van der Waals surface area contributed by atoms with Gasteiger partial charge in [0.05, 0.1) is 31.9 Å². The number of anilines is 1. The van der Waals surface area contributed by atoms with Crippen molar-refractivity contribution in [3.63, 3.8) is 0 Å². The maximum Gasteiger partial charge on any atom is 0.404 e. The number of benzene rings is 1. The molecule has 0 saturated carbocycles. The Kier molecular flexibility index (Phi) is 6.62. The Morgan fingerprint density at radius 1 is 1.28 bits per heavy atom. The Morgan fingerprint density at radius 2 is 2.00 bits per heavy atom. The molecular weight excluding hydrogens is 555 g/mol. The summed E-state index contributed by atoms with van der Waals surface area (Å²) in [5.74, 6) is -0.464. The van der Waals surface area contributed by atoms with Crippen molar-refractivity contribution in [2.75, 3.05) is 5.32 Å². The molecule has 29 heavy (non-hydrogen) atoms. The van der Waals surface area contributed by atoms with E-state index in [9.17, 15) is 14.9 Å². The molecule has 0 fully saturated rings. The number of hydrogen-bond acceptors (Lipinski definition) is 5. The summed E-state index contributed by atoms with van der Waals surface area (Å²) in [6, 6.07) is 5.26. The first kappa shape index (κ1) is 21.8. The monoisotopic (exact) mass is 564 g/mol. The van der Waals surface area contributed by atoms with Crippen LogP contribution in [0.5, 0.6) is 0 Å². The average molecular weight is 567 g/mol. The first-order valence-corrected chi connectivity index (χ1v) is 10.3. The number of nitrogens with one attached hydrogen (secondary N) is 1. The molecule has 0 aliphatic carbocycles. The van der Waals surface area contributed by atoms with Crippen molar-refractivity contribution in [3.05, 3.63) is 64.8 Å². The van der Waals surface area contributed by atoms with Crippen molar-refractivity contribution >= 4 is 72.6 Å². The third-order valence-corrected chi connectivity index (χ3v) is 6.13. The van der Waals surface area contributed by atoms with E-state index in [4.69, 9.17) is 23.2 Å². The minimum Gasteiger partial charge on any atom is -0.358 e. The van der Waals surface area contributed by atoms with E-state index in [1.165, 1.54) is 4.68 Å². The summed E-state index contributed by atoms with van der Waals surface area (Å²) in [6.07, 6.45) is 1.71. The highest BCUT2D eigenvalue weighted by Gasteiger charge is 2.25. The zero-order valence-corrected chi connectivity index (χ0v) is 19.4. The molecule has 1 N–H and O–H groups in total. The van der Waals surface area contributed by atoms with Crippen LogP contribution in [0.1, 0.15) is 11.3 Å². The van der Waals surface area contributed by atoms with Crippen molar-refractivity contribution < 1.29 is 9.72 Å². The fourth-order valence-electron chi connectivity index (χ4n) is 2.47. The van der Waals surface area contributed by atoms with Crippen LogP contribution >= 0.6 is 55.1 Å². The van der Waals surface area contributed by atoms with E-state index in [1.807, 2.05) is 6.07 Å². The van der Waals surface area contributed by atoms with E-state index in [0.717, 1.165) is 5.56 Å². The highest BCUT2D eigenvalue weighted by molar-refractivity contribution is 9.11. The van der Waals surface area contributed by atoms with Gasteiger partial charge in [0.2, 0.25) is 5.91 Å². The second kappa shape index (κ2) is 8.82. The van der Waals surface area contributed by atoms with Gasteiger partial charge in [0, 0.05) is 6.20 Å². The Labute approximate surface area is 191 Å². The minimum absolute atomic E-state index is 0.204. The Bertz CT molecular complexity index is 1110. The summed E-state index contributed by atoms with van der Waals surface area (Å²) in [4.78, 5) is 22.7. The molecule has 9 nitrogen and oxygen atoms in total. The van der Waals surface area contributed by atoms with Crippen molar-refractivity contribution in [3.8, 4) is 0 Å². The largest absolute Gasteiger partial charge is 0.404 e. The van der Waals surface area contributed by atoms with Gasteiger partial charge in [-0.05, 0) is 61.4 Å². The van der Waals surface area contributed by atoms with Crippen molar-refractivity contribution in [2.45, 2.75) is 20.0 Å². The second-order valence-electron chi connectivity index (χ2n) is 5.96. The Hall–Kier alpha value is -1.95. The molecule has 0 bridgehead atoms. The molecule has 1 aromatic carbocycles. The highest BCUT2D eigenvalue weighted by Crippen LogP contribution is 2.27. The van der Waals surface area contributed by atoms with Crippen LogP contribution in [0.15, 0.2) is 33.3 Å². The molecule has 0 spiro atoms. The van der Waals surface area contributed by atoms with E-state index >= 15 is 0 Å². The molecule has 0 radical (unpaired) electrons. The number of aromatic nitrogens is 4. The maximum atomic E-state index is 12.4. The van der Waals surface area contributed by atoms with Gasteiger partial charge >= 0.3 is 5.82 Å². The predicted octanol–water partition coefficient (Wildman–Crippen LogP) is 4.82. The van der Waals surface area contributed by atoms with Crippen LogP contribution in [0.4, 0.5) is 11.6 Å². The maximum absolute atomic E-state index is 12.4. The quantitative estimate of drug-likeness (QED) is 0.340. The normalized spacial score (nSPS) is 10.9. The van der Waals surface area contributed by atoms with Crippen molar-refractivity contribution in [1.82, 2.24) is 19.6 Å². The van der Waals surface area contributed by atoms with Crippen molar-refractivity contribution in [1.29, 1.82) is 0 Å². The number of carbonyl (C=O) groups excluding carboxylic acids is 1. The molecule has 0 unspecified atom stereocenters. The molecular formula is C16H12Br2Cl2N6O3. The van der Waals surface area contributed by atoms with Crippen LogP contribution in [0.2, 0.25) is 10.0 Å². The third kappa shape index (κ3) is 4.97. The van der Waals surface area contributed by atoms with E-state index in [-0.39, 0.29) is 16.8 Å². The summed E-state index contributed by atoms with van der Waals surface area (Å²) in [6.45, 7) is 1.84. The van der Waals surface area contributed by atoms with Gasteiger partial charge in [-0.3, -0.25) is 9.48 Å². The third-order valence-electron chi connectivity index (χ3n) is 3.89. The van der Waals surface area contributed by atoms with Gasteiger partial charge in [-0.25, -0.2) is 0 Å².